The van der Waals surface area contributed by atoms with Crippen molar-refractivity contribution in [2.45, 2.75) is 36.7 Å². The maximum Gasteiger partial charge on any atom is 0.309 e. The molecule has 4 aliphatic rings. The van der Waals surface area contributed by atoms with E-state index in [1.807, 2.05) is 0 Å². The predicted molar refractivity (Wildman–Crippen MR) is 127 cm³/mol. The number of nitrogens with zero attached hydrogens (tertiary/aromatic N) is 1. The third-order valence-electron chi connectivity index (χ3n) is 8.11. The van der Waals surface area contributed by atoms with Gasteiger partial charge in [-0.2, -0.15) is 0 Å². The summed E-state index contributed by atoms with van der Waals surface area (Å²) in [6.07, 6.45) is -2.00. The number of Topliss-reactive ketones (excluding diaryl/α,β-unsaturated/α-hetero) is 2. The number of aliphatic hydroxyl groups excluding tert-OH is 2. The predicted octanol–water partition coefficient (Wildman–Crippen LogP) is -0.469. The first kappa shape index (κ1) is 25.1. The Morgan fingerprint density at radius 3 is 2.41 bits per heavy atom. The van der Waals surface area contributed by atoms with Gasteiger partial charge in [-0.1, -0.05) is 18.7 Å². The standard InChI is InChI=1S/C26H28N2O9/c1-9-11-5-4-6-12(29)14(11)19(30)15-13(9)21(37-25(35)10-7-8-10)17-18(28(2)3)20(31)16(24(27)34)23(33)26(17,36)22(15)32/h4-6,10,13,16-18,20-21,29-31,36H,1,7-8H2,2-3H3,(H2,27,34)/t13-,16?,17-,18+,20?,21+,26+/m1/s1. The molecule has 0 radical (unpaired) electrons. The average Bonchev–Trinajstić information content (AvgIpc) is 3.66. The maximum absolute atomic E-state index is 14.0. The molecule has 11 heteroatoms. The molecule has 0 saturated heterocycles. The molecule has 0 aliphatic heterocycles. The van der Waals surface area contributed by atoms with Crippen molar-refractivity contribution in [2.75, 3.05) is 14.1 Å². The molecule has 4 aliphatic carbocycles. The lowest BCUT2D eigenvalue weighted by atomic mass is 9.52. The van der Waals surface area contributed by atoms with E-state index in [0.717, 1.165) is 0 Å². The van der Waals surface area contributed by atoms with Crippen molar-refractivity contribution in [3.05, 3.63) is 41.5 Å². The van der Waals surface area contributed by atoms with Crippen molar-refractivity contribution >= 4 is 34.8 Å². The zero-order chi connectivity index (χ0) is 27.1. The summed E-state index contributed by atoms with van der Waals surface area (Å²) in [6.45, 7) is 4.06. The van der Waals surface area contributed by atoms with Crippen molar-refractivity contribution < 1.29 is 44.3 Å². The largest absolute Gasteiger partial charge is 0.507 e. The zero-order valence-electron chi connectivity index (χ0n) is 20.2. The molecule has 0 heterocycles. The second kappa shape index (κ2) is 8.23. The van der Waals surface area contributed by atoms with Crippen LogP contribution in [0.25, 0.3) is 11.3 Å². The van der Waals surface area contributed by atoms with E-state index in [9.17, 15) is 39.6 Å². The van der Waals surface area contributed by atoms with Crippen LogP contribution in [-0.4, -0.2) is 86.7 Å². The number of phenols is 1. The van der Waals surface area contributed by atoms with Crippen LogP contribution in [0, 0.1) is 23.7 Å². The summed E-state index contributed by atoms with van der Waals surface area (Å²) in [7, 11) is 3.02. The average molecular weight is 513 g/mol. The summed E-state index contributed by atoms with van der Waals surface area (Å²) < 4.78 is 5.88. The Morgan fingerprint density at radius 1 is 1.19 bits per heavy atom. The number of likely N-dealkylation sites (N-methyl/N-ethyl adjacent to an activating group) is 1. The van der Waals surface area contributed by atoms with Gasteiger partial charge in [-0.05, 0) is 44.1 Å². The van der Waals surface area contributed by atoms with Crippen molar-refractivity contribution in [2.24, 2.45) is 29.4 Å². The van der Waals surface area contributed by atoms with Gasteiger partial charge in [0, 0.05) is 6.04 Å². The lowest BCUT2D eigenvalue weighted by molar-refractivity contribution is -0.204. The second-order valence-electron chi connectivity index (χ2n) is 10.5. The molecule has 11 nitrogen and oxygen atoms in total. The van der Waals surface area contributed by atoms with Crippen LogP contribution >= 0.6 is 0 Å². The normalized spacial score (nSPS) is 35.1. The highest BCUT2D eigenvalue weighted by molar-refractivity contribution is 6.26. The van der Waals surface area contributed by atoms with Crippen molar-refractivity contribution in [1.29, 1.82) is 0 Å². The number of fused-ring (bicyclic) bond motifs is 3. The number of benzene rings is 1. The summed E-state index contributed by atoms with van der Waals surface area (Å²) in [4.78, 5) is 54.2. The molecule has 3 saturated carbocycles. The number of esters is 1. The molecule has 0 bridgehead atoms. The SMILES string of the molecule is C=C1c2cccc(O)c2C(O)=C2C(=O)[C@]3(O)C(=O)C(C(N)=O)C(O)[C@@H](N(C)C)[C@@H]3[C@@H](OC(=O)C3CC3)[C@H]12. The second-order valence-corrected chi connectivity index (χ2v) is 10.5. The molecule has 6 N–H and O–H groups in total. The summed E-state index contributed by atoms with van der Waals surface area (Å²) in [5.74, 6) is -10.6. The number of phenolic OH excluding ortho intramolecular Hbond substituents is 1. The van der Waals surface area contributed by atoms with E-state index >= 15 is 0 Å². The minimum absolute atomic E-state index is 0.125. The summed E-state index contributed by atoms with van der Waals surface area (Å²) in [6, 6.07) is 3.12. The Kier molecular flexibility index (Phi) is 5.59. The smallest absolute Gasteiger partial charge is 0.309 e. The number of hydrogen-bond donors (Lipinski definition) is 5. The number of nitrogens with two attached hydrogens (primary N) is 1. The first-order chi connectivity index (χ1) is 17.3. The third kappa shape index (κ3) is 3.30. The van der Waals surface area contributed by atoms with Gasteiger partial charge in [-0.3, -0.25) is 19.2 Å². The Labute approximate surface area is 211 Å². The molecule has 3 fully saturated rings. The number of rotatable bonds is 4. The highest BCUT2D eigenvalue weighted by Gasteiger charge is 2.72. The molecule has 2 unspecified atom stereocenters. The lowest BCUT2D eigenvalue weighted by Crippen LogP contribution is -2.77. The fourth-order valence-corrected chi connectivity index (χ4v) is 6.23. The molecule has 196 valence electrons. The molecule has 1 aromatic rings. The monoisotopic (exact) mass is 512 g/mol. The Morgan fingerprint density at radius 2 is 1.84 bits per heavy atom. The third-order valence-corrected chi connectivity index (χ3v) is 8.11. The summed E-state index contributed by atoms with van der Waals surface area (Å²) in [5.41, 5.74) is 2.32. The van der Waals surface area contributed by atoms with E-state index in [2.05, 4.69) is 6.58 Å². The molecular formula is C26H28N2O9. The Hall–Kier alpha value is -3.54. The molecule has 1 aromatic carbocycles. The maximum atomic E-state index is 14.0. The molecule has 5 rings (SSSR count). The topological polar surface area (TPSA) is 188 Å². The molecular weight excluding hydrogens is 484 g/mol. The highest BCUT2D eigenvalue weighted by Crippen LogP contribution is 2.56. The van der Waals surface area contributed by atoms with Crippen LogP contribution in [0.4, 0.5) is 0 Å². The number of aromatic hydroxyl groups is 1. The van der Waals surface area contributed by atoms with Crippen LogP contribution in [-0.2, 0) is 23.9 Å². The molecule has 1 amide bonds. The Balaban J connectivity index is 1.80. The van der Waals surface area contributed by atoms with E-state index < -0.39 is 82.3 Å². The zero-order valence-corrected chi connectivity index (χ0v) is 20.2. The number of ketones is 2. The van der Waals surface area contributed by atoms with Gasteiger partial charge in [0.05, 0.1) is 35.0 Å². The number of primary amides is 1. The van der Waals surface area contributed by atoms with E-state index in [4.69, 9.17) is 10.5 Å². The minimum atomic E-state index is -2.98. The number of amides is 1. The number of hydrogen-bond acceptors (Lipinski definition) is 10. The first-order valence-corrected chi connectivity index (χ1v) is 11.9. The van der Waals surface area contributed by atoms with Gasteiger partial charge in [-0.15, -0.1) is 0 Å². The van der Waals surface area contributed by atoms with Crippen molar-refractivity contribution in [3.63, 3.8) is 0 Å². The van der Waals surface area contributed by atoms with E-state index in [-0.39, 0.29) is 22.4 Å². The Bertz CT molecular complexity index is 1300. The molecule has 7 atom stereocenters. The van der Waals surface area contributed by atoms with E-state index in [1.165, 1.54) is 31.1 Å². The summed E-state index contributed by atoms with van der Waals surface area (Å²) >= 11 is 0. The lowest BCUT2D eigenvalue weighted by Gasteiger charge is -2.56. The molecule has 0 aromatic heterocycles. The van der Waals surface area contributed by atoms with E-state index in [0.29, 0.717) is 12.8 Å². The minimum Gasteiger partial charge on any atom is -0.507 e. The fourth-order valence-electron chi connectivity index (χ4n) is 6.23. The van der Waals surface area contributed by atoms with E-state index in [1.54, 1.807) is 6.07 Å². The summed E-state index contributed by atoms with van der Waals surface area (Å²) in [5, 5.41) is 44.7. The molecule has 0 spiro atoms. The van der Waals surface area contributed by atoms with Crippen LogP contribution in [0.3, 0.4) is 0 Å². The fraction of sp³-hybridized carbons (Fsp3) is 0.462. The van der Waals surface area contributed by atoms with Crippen molar-refractivity contribution in [1.82, 2.24) is 4.90 Å². The van der Waals surface area contributed by atoms with Gasteiger partial charge in [0.15, 0.2) is 11.4 Å². The first-order valence-electron chi connectivity index (χ1n) is 11.9. The molecule has 37 heavy (non-hydrogen) atoms. The van der Waals surface area contributed by atoms with Gasteiger partial charge in [0.25, 0.3) is 0 Å². The number of aliphatic hydroxyl groups is 3. The number of ether oxygens (including phenoxy) is 1. The van der Waals surface area contributed by atoms with Gasteiger partial charge in [0.1, 0.15) is 23.5 Å². The van der Waals surface area contributed by atoms with Gasteiger partial charge in [0.2, 0.25) is 11.7 Å². The number of carbonyl (C=O) groups excluding carboxylic acids is 4. The van der Waals surface area contributed by atoms with Crippen LogP contribution < -0.4 is 5.73 Å². The van der Waals surface area contributed by atoms with Gasteiger partial charge in [-0.25, -0.2) is 0 Å². The van der Waals surface area contributed by atoms with Crippen LogP contribution in [0.15, 0.2) is 30.4 Å². The highest BCUT2D eigenvalue weighted by atomic mass is 16.5. The number of carbonyl (C=O) groups is 4. The van der Waals surface area contributed by atoms with Gasteiger partial charge < -0.3 is 35.8 Å². The van der Waals surface area contributed by atoms with Crippen LogP contribution in [0.1, 0.15) is 24.0 Å². The quantitative estimate of drug-likeness (QED) is 0.261. The van der Waals surface area contributed by atoms with Crippen LogP contribution in [0.5, 0.6) is 5.75 Å². The van der Waals surface area contributed by atoms with Gasteiger partial charge >= 0.3 is 5.97 Å². The van der Waals surface area contributed by atoms with Crippen LogP contribution in [0.2, 0.25) is 0 Å². The van der Waals surface area contributed by atoms with Crippen molar-refractivity contribution in [3.8, 4) is 5.75 Å².